The number of imidazole rings is 1. The van der Waals surface area contributed by atoms with Crippen LogP contribution in [0, 0.1) is 0 Å². The van der Waals surface area contributed by atoms with Gasteiger partial charge in [-0.25, -0.2) is 24.4 Å². The highest BCUT2D eigenvalue weighted by Gasteiger charge is 2.25. The molecule has 188 valence electrons. The number of hydrogen-bond acceptors (Lipinski definition) is 8. The van der Waals surface area contributed by atoms with Crippen LogP contribution in [0.5, 0.6) is 0 Å². The number of nitrogens with one attached hydrogen (secondary N) is 2. The molecule has 11 heteroatoms. The van der Waals surface area contributed by atoms with E-state index in [1.165, 1.54) is 0 Å². The van der Waals surface area contributed by atoms with Gasteiger partial charge in [0.15, 0.2) is 5.82 Å². The number of aryl methyl sites for hydroxylation is 1. The standard InChI is InChI=1S/C25H31N9O2/c1-25(2,3)36-24(35)34-11-9-33(10-12-34)15-17-7-8-26-21(13-17)31-23-29-19-6-5-18(14-20(19)30-23)22-27-16-28-32(22)4/h5-8,13-14,16H,9-12,15H2,1-4H3,(H2,26,29,30,31). The van der Waals surface area contributed by atoms with Gasteiger partial charge < -0.3 is 19.9 Å². The van der Waals surface area contributed by atoms with Crippen molar-refractivity contribution in [1.29, 1.82) is 0 Å². The van der Waals surface area contributed by atoms with Crippen LogP contribution in [0.1, 0.15) is 26.3 Å². The van der Waals surface area contributed by atoms with Crippen molar-refractivity contribution in [1.82, 2.24) is 39.5 Å². The first-order chi connectivity index (χ1) is 17.2. The Morgan fingerprint density at radius 1 is 1.11 bits per heavy atom. The topological polar surface area (TPSA) is 117 Å². The number of carbonyl (C=O) groups excluding carboxylic acids is 1. The van der Waals surface area contributed by atoms with Crippen LogP contribution in [0.15, 0.2) is 42.9 Å². The Morgan fingerprint density at radius 3 is 2.64 bits per heavy atom. The largest absolute Gasteiger partial charge is 0.444 e. The predicted molar refractivity (Wildman–Crippen MR) is 137 cm³/mol. The molecule has 4 aromatic rings. The minimum absolute atomic E-state index is 0.243. The summed E-state index contributed by atoms with van der Waals surface area (Å²) in [6.07, 6.45) is 3.09. The molecule has 1 aromatic carbocycles. The highest BCUT2D eigenvalue weighted by atomic mass is 16.6. The number of H-pyrrole nitrogens is 1. The summed E-state index contributed by atoms with van der Waals surface area (Å²) in [6, 6.07) is 9.99. The molecule has 1 aliphatic heterocycles. The number of amides is 1. The highest BCUT2D eigenvalue weighted by molar-refractivity contribution is 5.82. The van der Waals surface area contributed by atoms with Crippen molar-refractivity contribution in [2.24, 2.45) is 7.05 Å². The van der Waals surface area contributed by atoms with Crippen LogP contribution in [0.4, 0.5) is 16.6 Å². The van der Waals surface area contributed by atoms with Crippen molar-refractivity contribution in [2.45, 2.75) is 32.9 Å². The Hall–Kier alpha value is -3.99. The number of ether oxygens (including phenoxy) is 1. The maximum atomic E-state index is 12.3. The van der Waals surface area contributed by atoms with Crippen LogP contribution < -0.4 is 5.32 Å². The summed E-state index contributed by atoms with van der Waals surface area (Å²) < 4.78 is 7.23. The normalized spacial score (nSPS) is 14.8. The lowest BCUT2D eigenvalue weighted by Crippen LogP contribution is -2.49. The first-order valence-electron chi connectivity index (χ1n) is 12.0. The number of nitrogens with zero attached hydrogens (tertiary/aromatic N) is 7. The Labute approximate surface area is 209 Å². The molecule has 0 saturated carbocycles. The van der Waals surface area contributed by atoms with Crippen LogP contribution in [0.2, 0.25) is 0 Å². The van der Waals surface area contributed by atoms with Crippen LogP contribution in [-0.2, 0) is 18.3 Å². The summed E-state index contributed by atoms with van der Waals surface area (Å²) in [5.74, 6) is 2.13. The summed E-state index contributed by atoms with van der Waals surface area (Å²) in [5.41, 5.74) is 3.37. The van der Waals surface area contributed by atoms with Gasteiger partial charge in [0.25, 0.3) is 0 Å². The SMILES string of the molecule is Cn1ncnc1-c1ccc2nc(Nc3cc(CN4CCN(C(=O)OC(C)(C)C)CC4)ccn3)[nH]c2c1. The summed E-state index contributed by atoms with van der Waals surface area (Å²) in [7, 11) is 1.87. The van der Waals surface area contributed by atoms with Gasteiger partial charge in [0, 0.05) is 51.5 Å². The lowest BCUT2D eigenvalue weighted by Gasteiger charge is -2.35. The molecular formula is C25H31N9O2. The second kappa shape index (κ2) is 9.57. The van der Waals surface area contributed by atoms with Crippen LogP contribution in [0.25, 0.3) is 22.4 Å². The Kier molecular flexibility index (Phi) is 6.31. The third-order valence-corrected chi connectivity index (χ3v) is 5.95. The Morgan fingerprint density at radius 2 is 1.92 bits per heavy atom. The molecule has 0 aliphatic carbocycles. The van der Waals surface area contributed by atoms with Crippen LogP contribution >= 0.6 is 0 Å². The monoisotopic (exact) mass is 489 g/mol. The number of aromatic nitrogens is 6. The molecule has 0 bridgehead atoms. The molecule has 0 spiro atoms. The minimum atomic E-state index is -0.479. The van der Waals surface area contributed by atoms with E-state index in [-0.39, 0.29) is 6.09 Å². The predicted octanol–water partition coefficient (Wildman–Crippen LogP) is 3.55. The lowest BCUT2D eigenvalue weighted by atomic mass is 10.2. The Bertz CT molecular complexity index is 1360. The number of carbonyl (C=O) groups is 1. The van der Waals surface area contributed by atoms with Gasteiger partial charge in [-0.15, -0.1) is 0 Å². The second-order valence-corrected chi connectivity index (χ2v) is 9.94. The zero-order valence-electron chi connectivity index (χ0n) is 21.0. The molecule has 4 heterocycles. The van der Waals surface area contributed by atoms with Crippen molar-refractivity contribution >= 4 is 28.9 Å². The van der Waals surface area contributed by atoms with E-state index in [1.54, 1.807) is 22.1 Å². The van der Waals surface area contributed by atoms with Crippen LogP contribution in [0.3, 0.4) is 0 Å². The maximum absolute atomic E-state index is 12.3. The van der Waals surface area contributed by atoms with Crippen molar-refractivity contribution in [3.63, 3.8) is 0 Å². The molecule has 5 rings (SSSR count). The van der Waals surface area contributed by atoms with Gasteiger partial charge in [-0.1, -0.05) is 0 Å². The van der Waals surface area contributed by atoms with Gasteiger partial charge in [-0.2, -0.15) is 5.10 Å². The van der Waals surface area contributed by atoms with E-state index in [0.717, 1.165) is 47.6 Å². The zero-order valence-corrected chi connectivity index (χ0v) is 21.0. The quantitative estimate of drug-likeness (QED) is 0.437. The lowest BCUT2D eigenvalue weighted by molar-refractivity contribution is 0.0139. The second-order valence-electron chi connectivity index (χ2n) is 9.94. The number of anilines is 2. The third kappa shape index (κ3) is 5.46. The summed E-state index contributed by atoms with van der Waals surface area (Å²) in [6.45, 7) is 9.33. The fourth-order valence-corrected chi connectivity index (χ4v) is 4.20. The van der Waals surface area contributed by atoms with E-state index in [9.17, 15) is 4.79 Å². The first kappa shape index (κ1) is 23.7. The number of hydrogen-bond donors (Lipinski definition) is 2. The molecule has 1 amide bonds. The first-order valence-corrected chi connectivity index (χ1v) is 12.0. The maximum Gasteiger partial charge on any atom is 0.410 e. The van der Waals surface area contributed by atoms with Gasteiger partial charge in [0.1, 0.15) is 17.7 Å². The van der Waals surface area contributed by atoms with Gasteiger partial charge in [0.05, 0.1) is 11.0 Å². The van der Waals surface area contributed by atoms with E-state index in [2.05, 4.69) is 35.3 Å². The third-order valence-electron chi connectivity index (χ3n) is 5.95. The molecule has 1 aliphatic rings. The molecule has 3 aromatic heterocycles. The smallest absolute Gasteiger partial charge is 0.410 e. The molecule has 0 radical (unpaired) electrons. The molecular weight excluding hydrogens is 458 g/mol. The van der Waals surface area contributed by atoms with Crippen molar-refractivity contribution < 1.29 is 9.53 Å². The average Bonchev–Trinajstić information content (AvgIpc) is 3.43. The molecule has 11 nitrogen and oxygen atoms in total. The number of benzene rings is 1. The summed E-state index contributed by atoms with van der Waals surface area (Å²) >= 11 is 0. The van der Waals surface area contributed by atoms with Gasteiger partial charge in [-0.05, 0) is 56.7 Å². The van der Waals surface area contributed by atoms with Crippen molar-refractivity contribution in [3.05, 3.63) is 48.4 Å². The van der Waals surface area contributed by atoms with Gasteiger partial charge in [-0.3, -0.25) is 4.90 Å². The number of piperazine rings is 1. The summed E-state index contributed by atoms with van der Waals surface area (Å²) in [5, 5.41) is 7.42. The van der Waals surface area contributed by atoms with E-state index in [4.69, 9.17) is 4.74 Å². The fraction of sp³-hybridized carbons (Fsp3) is 0.400. The number of aromatic amines is 1. The molecule has 0 unspecified atom stereocenters. The average molecular weight is 490 g/mol. The van der Waals surface area contributed by atoms with E-state index >= 15 is 0 Å². The van der Waals surface area contributed by atoms with Gasteiger partial charge in [0.2, 0.25) is 5.95 Å². The number of pyridine rings is 1. The van der Waals surface area contributed by atoms with Crippen molar-refractivity contribution in [3.8, 4) is 11.4 Å². The van der Waals surface area contributed by atoms with Gasteiger partial charge >= 0.3 is 6.09 Å². The zero-order chi connectivity index (χ0) is 25.3. The molecule has 1 saturated heterocycles. The minimum Gasteiger partial charge on any atom is -0.444 e. The molecule has 0 atom stereocenters. The number of rotatable bonds is 5. The van der Waals surface area contributed by atoms with Crippen LogP contribution in [-0.4, -0.2) is 77.4 Å². The highest BCUT2D eigenvalue weighted by Crippen LogP contribution is 2.24. The molecule has 2 N–H and O–H groups in total. The Balaban J connectivity index is 1.21. The van der Waals surface area contributed by atoms with Crippen molar-refractivity contribution in [2.75, 3.05) is 31.5 Å². The fourth-order valence-electron chi connectivity index (χ4n) is 4.20. The van der Waals surface area contributed by atoms with E-state index in [0.29, 0.717) is 24.9 Å². The molecule has 1 fully saturated rings. The molecule has 36 heavy (non-hydrogen) atoms. The van der Waals surface area contributed by atoms with E-state index in [1.807, 2.05) is 58.2 Å². The summed E-state index contributed by atoms with van der Waals surface area (Å²) in [4.78, 5) is 33.1. The number of fused-ring (bicyclic) bond motifs is 1. The van der Waals surface area contributed by atoms with E-state index < -0.39 is 5.60 Å².